The normalized spacial score (nSPS) is 17.8. The number of halogens is 3. The number of hydrogen-bond donors (Lipinski definition) is 0. The summed E-state index contributed by atoms with van der Waals surface area (Å²) in [6, 6.07) is 10.7. The van der Waals surface area contributed by atoms with Crippen LogP contribution in [0.4, 0.5) is 0 Å². The topological polar surface area (TPSA) is 49.9 Å². The highest BCUT2D eigenvalue weighted by atomic mass is 35.5. The van der Waals surface area contributed by atoms with Gasteiger partial charge in [-0.05, 0) is 74.9 Å². The van der Waals surface area contributed by atoms with Crippen molar-refractivity contribution in [2.45, 2.75) is 45.4 Å². The number of aryl methyl sites for hydroxylation is 1. The summed E-state index contributed by atoms with van der Waals surface area (Å²) in [5.74, 6) is 0.735. The third-order valence-electron chi connectivity index (χ3n) is 7.20. The van der Waals surface area contributed by atoms with Crippen molar-refractivity contribution in [2.24, 2.45) is 5.41 Å². The summed E-state index contributed by atoms with van der Waals surface area (Å²) in [6.07, 6.45) is 5.02. The summed E-state index contributed by atoms with van der Waals surface area (Å²) in [5, 5.41) is 1.39. The molecule has 0 bridgehead atoms. The van der Waals surface area contributed by atoms with Gasteiger partial charge in [-0.25, -0.2) is 0 Å². The second-order valence-corrected chi connectivity index (χ2v) is 10.9. The number of ether oxygens (including phenoxy) is 1. The Morgan fingerprint density at radius 2 is 1.54 bits per heavy atom. The van der Waals surface area contributed by atoms with E-state index in [0.29, 0.717) is 59.6 Å². The molecule has 0 radical (unpaired) electrons. The highest BCUT2D eigenvalue weighted by molar-refractivity contribution is 6.39. The third kappa shape index (κ3) is 6.25. The van der Waals surface area contributed by atoms with E-state index in [4.69, 9.17) is 39.5 Å². The second kappa shape index (κ2) is 11.4. The number of nitrogens with zero attached hydrogens (tertiary/aromatic N) is 2. The van der Waals surface area contributed by atoms with E-state index in [-0.39, 0.29) is 17.2 Å². The van der Waals surface area contributed by atoms with Crippen LogP contribution >= 0.6 is 34.8 Å². The van der Waals surface area contributed by atoms with E-state index in [9.17, 15) is 9.59 Å². The Labute approximate surface area is 222 Å². The Hall–Kier alpha value is -1.95. The van der Waals surface area contributed by atoms with Crippen LogP contribution in [0.25, 0.3) is 0 Å². The third-order valence-corrected chi connectivity index (χ3v) is 8.25. The van der Waals surface area contributed by atoms with Crippen LogP contribution in [0, 0.1) is 12.3 Å². The number of benzene rings is 2. The van der Waals surface area contributed by atoms with E-state index in [2.05, 4.69) is 0 Å². The Balaban J connectivity index is 1.49. The largest absolute Gasteiger partial charge is 0.493 e. The lowest BCUT2D eigenvalue weighted by atomic mass is 9.75. The first-order valence-corrected chi connectivity index (χ1v) is 13.3. The Morgan fingerprint density at radius 1 is 0.886 bits per heavy atom. The molecule has 4 rings (SSSR count). The molecular weight excluding hydrogens is 507 g/mol. The van der Waals surface area contributed by atoms with Crippen molar-refractivity contribution in [1.29, 1.82) is 0 Å². The van der Waals surface area contributed by atoms with E-state index >= 15 is 0 Å². The zero-order chi connectivity index (χ0) is 25.0. The Bertz CT molecular complexity index is 1060. The zero-order valence-electron chi connectivity index (χ0n) is 20.0. The summed E-state index contributed by atoms with van der Waals surface area (Å²) in [6.45, 7) is 5.01. The van der Waals surface area contributed by atoms with Crippen molar-refractivity contribution in [1.82, 2.24) is 9.80 Å². The molecule has 5 nitrogen and oxygen atoms in total. The van der Waals surface area contributed by atoms with Gasteiger partial charge in [0.1, 0.15) is 5.75 Å². The molecule has 2 aromatic carbocycles. The van der Waals surface area contributed by atoms with Gasteiger partial charge < -0.3 is 14.5 Å². The molecule has 2 saturated heterocycles. The van der Waals surface area contributed by atoms with Crippen LogP contribution in [0.15, 0.2) is 36.4 Å². The van der Waals surface area contributed by atoms with Crippen LogP contribution in [0.1, 0.15) is 54.4 Å². The van der Waals surface area contributed by atoms with Gasteiger partial charge in [-0.3, -0.25) is 9.59 Å². The molecule has 0 atom stereocenters. The highest BCUT2D eigenvalue weighted by Crippen LogP contribution is 2.38. The fraction of sp³-hybridized carbons (Fsp3) is 0.481. The minimum absolute atomic E-state index is 0.175. The molecule has 2 amide bonds. The SMILES string of the molecule is Cc1cc(OCC2(CC(=O)N3CCCCC3)CCN(C(=O)c3c(Cl)cccc3Cl)CC2)ccc1Cl. The monoisotopic (exact) mass is 536 g/mol. The summed E-state index contributed by atoms with van der Waals surface area (Å²) < 4.78 is 6.22. The minimum atomic E-state index is -0.358. The van der Waals surface area contributed by atoms with Crippen molar-refractivity contribution in [3.63, 3.8) is 0 Å². The molecule has 0 aliphatic carbocycles. The van der Waals surface area contributed by atoms with Crippen molar-refractivity contribution in [3.8, 4) is 5.75 Å². The molecule has 0 saturated carbocycles. The smallest absolute Gasteiger partial charge is 0.256 e. The molecule has 2 aliphatic rings. The number of hydrogen-bond acceptors (Lipinski definition) is 3. The molecule has 35 heavy (non-hydrogen) atoms. The minimum Gasteiger partial charge on any atom is -0.493 e. The van der Waals surface area contributed by atoms with Crippen molar-refractivity contribution in [2.75, 3.05) is 32.8 Å². The van der Waals surface area contributed by atoms with Gasteiger partial charge >= 0.3 is 0 Å². The average Bonchev–Trinajstić information content (AvgIpc) is 2.85. The van der Waals surface area contributed by atoms with Crippen LogP contribution in [-0.4, -0.2) is 54.4 Å². The number of likely N-dealkylation sites (tertiary alicyclic amines) is 2. The summed E-state index contributed by atoms with van der Waals surface area (Å²) >= 11 is 18.7. The maximum absolute atomic E-state index is 13.2. The van der Waals surface area contributed by atoms with Crippen LogP contribution in [0.5, 0.6) is 5.75 Å². The van der Waals surface area contributed by atoms with E-state index in [1.54, 1.807) is 23.1 Å². The molecule has 2 heterocycles. The van der Waals surface area contributed by atoms with E-state index < -0.39 is 0 Å². The maximum Gasteiger partial charge on any atom is 0.256 e. The fourth-order valence-corrected chi connectivity index (χ4v) is 5.61. The molecule has 2 fully saturated rings. The average molecular weight is 538 g/mol. The van der Waals surface area contributed by atoms with Gasteiger partial charge in [0, 0.05) is 43.0 Å². The van der Waals surface area contributed by atoms with Gasteiger partial charge in [0.2, 0.25) is 5.91 Å². The number of rotatable bonds is 6. The van der Waals surface area contributed by atoms with Gasteiger partial charge in [0.25, 0.3) is 5.91 Å². The highest BCUT2D eigenvalue weighted by Gasteiger charge is 2.40. The first kappa shape index (κ1) is 26.1. The van der Waals surface area contributed by atoms with Crippen LogP contribution in [0.2, 0.25) is 15.1 Å². The van der Waals surface area contributed by atoms with E-state index in [1.165, 1.54) is 6.42 Å². The molecule has 0 unspecified atom stereocenters. The van der Waals surface area contributed by atoms with Crippen LogP contribution in [0.3, 0.4) is 0 Å². The molecule has 0 aromatic heterocycles. The first-order valence-electron chi connectivity index (χ1n) is 12.2. The van der Waals surface area contributed by atoms with Crippen LogP contribution in [-0.2, 0) is 4.79 Å². The number of piperidine rings is 2. The Morgan fingerprint density at radius 3 is 2.17 bits per heavy atom. The van der Waals surface area contributed by atoms with Gasteiger partial charge in [-0.1, -0.05) is 40.9 Å². The van der Waals surface area contributed by atoms with Crippen LogP contribution < -0.4 is 4.74 Å². The lowest BCUT2D eigenvalue weighted by molar-refractivity contribution is -0.136. The number of carbonyl (C=O) groups excluding carboxylic acids is 2. The molecule has 0 N–H and O–H groups in total. The van der Waals surface area contributed by atoms with Crippen molar-refractivity contribution >= 4 is 46.6 Å². The number of carbonyl (C=O) groups is 2. The lowest BCUT2D eigenvalue weighted by Gasteiger charge is -2.42. The van der Waals surface area contributed by atoms with Crippen molar-refractivity contribution in [3.05, 3.63) is 62.6 Å². The molecule has 2 aromatic rings. The molecule has 188 valence electrons. The summed E-state index contributed by atoms with van der Waals surface area (Å²) in [7, 11) is 0. The van der Waals surface area contributed by atoms with Gasteiger partial charge in [-0.2, -0.15) is 0 Å². The van der Waals surface area contributed by atoms with E-state index in [1.807, 2.05) is 30.0 Å². The summed E-state index contributed by atoms with van der Waals surface area (Å²) in [5.41, 5.74) is 0.920. The molecule has 2 aliphatic heterocycles. The van der Waals surface area contributed by atoms with Gasteiger partial charge in [0.05, 0.1) is 22.2 Å². The standard InChI is InChI=1S/C27H31Cl3N2O3/c1-19-16-20(8-9-21(19)28)35-18-27(17-24(33)31-12-3-2-4-13-31)10-14-32(15-11-27)26(34)25-22(29)6-5-7-23(25)30/h5-9,16H,2-4,10-15,17-18H2,1H3. The Kier molecular flexibility index (Phi) is 8.51. The van der Waals surface area contributed by atoms with E-state index in [0.717, 1.165) is 37.2 Å². The van der Waals surface area contributed by atoms with Gasteiger partial charge in [0.15, 0.2) is 0 Å². The predicted molar refractivity (Wildman–Crippen MR) is 141 cm³/mol. The molecular formula is C27H31Cl3N2O3. The first-order chi connectivity index (χ1) is 16.8. The second-order valence-electron chi connectivity index (χ2n) is 9.71. The number of amides is 2. The summed E-state index contributed by atoms with van der Waals surface area (Å²) in [4.78, 5) is 30.2. The predicted octanol–water partition coefficient (Wildman–Crippen LogP) is 6.66. The quantitative estimate of drug-likeness (QED) is 0.414. The molecule has 0 spiro atoms. The van der Waals surface area contributed by atoms with Crippen molar-refractivity contribution < 1.29 is 14.3 Å². The van der Waals surface area contributed by atoms with Gasteiger partial charge in [-0.15, -0.1) is 0 Å². The lowest BCUT2D eigenvalue weighted by Crippen LogP contribution is -2.48. The maximum atomic E-state index is 13.2. The zero-order valence-corrected chi connectivity index (χ0v) is 22.3. The fourth-order valence-electron chi connectivity index (χ4n) is 4.94. The molecule has 8 heteroatoms.